The summed E-state index contributed by atoms with van der Waals surface area (Å²) in [7, 11) is -11.3. The predicted molar refractivity (Wildman–Crippen MR) is 209 cm³/mol. The van der Waals surface area contributed by atoms with Crippen LogP contribution in [0, 0.1) is 0 Å². The van der Waals surface area contributed by atoms with E-state index in [2.05, 4.69) is 72.4 Å². The molecule has 0 rings (SSSR count). The third-order valence-corrected chi connectivity index (χ3v) is 26.2. The smallest absolute Gasteiger partial charge is 0.317 e. The van der Waals surface area contributed by atoms with Crippen molar-refractivity contribution in [2.75, 3.05) is 13.2 Å². The molecule has 0 aromatic heterocycles. The van der Waals surface area contributed by atoms with Gasteiger partial charge in [0, 0.05) is 6.61 Å². The van der Waals surface area contributed by atoms with E-state index in [1.165, 1.54) is 103 Å². The molecule has 278 valence electrons. The number of unbranched alkanes of at least 4 members (excludes halogenated alkanes) is 16. The third-order valence-electron chi connectivity index (χ3n) is 7.89. The molecule has 0 aliphatic rings. The van der Waals surface area contributed by atoms with Crippen molar-refractivity contribution in [3.05, 3.63) is 0 Å². The number of hydrogen-bond donors (Lipinski definition) is 2. The highest BCUT2D eigenvalue weighted by atomic mass is 28.5. The molecule has 0 aliphatic heterocycles. The van der Waals surface area contributed by atoms with Gasteiger partial charge in [-0.1, -0.05) is 116 Å². The van der Waals surface area contributed by atoms with Crippen molar-refractivity contribution in [1.82, 2.24) is 0 Å². The molecule has 0 aromatic rings. The summed E-state index contributed by atoms with van der Waals surface area (Å²) in [5, 5.41) is 18.3. The Kier molecular flexibility index (Phi) is 25.3. The molecular weight excluding hydrogens is 661 g/mol. The fraction of sp³-hybridized carbons (Fsp3) is 1.00. The topological polar surface area (TPSA) is 86.6 Å². The van der Waals surface area contributed by atoms with Gasteiger partial charge in [-0.05, 0) is 84.0 Å². The summed E-state index contributed by atoms with van der Waals surface area (Å²) in [6, 6.07) is 1.75. The third kappa shape index (κ3) is 29.7. The van der Waals surface area contributed by atoms with E-state index in [1.807, 2.05) is 0 Å². The van der Waals surface area contributed by atoms with Crippen LogP contribution in [0.4, 0.5) is 0 Å². The van der Waals surface area contributed by atoms with E-state index in [4.69, 9.17) is 31.4 Å². The van der Waals surface area contributed by atoms with Crippen LogP contribution in [0.1, 0.15) is 122 Å². The van der Waals surface area contributed by atoms with Gasteiger partial charge in [0.05, 0.1) is 6.61 Å². The first-order valence-electron chi connectivity index (χ1n) is 19.0. The SMILES string of the molecule is CCCCCCCCCCCCCCCCCCC[Si](C)(O[Si](C)(C)O[Si](C)(C)C)O[Si](C)(CCCOCC(O)O)O[Si](C)(C)C. The molecule has 0 aliphatic carbocycles. The van der Waals surface area contributed by atoms with Gasteiger partial charge in [0.25, 0.3) is 0 Å². The quantitative estimate of drug-likeness (QED) is 0.0403. The van der Waals surface area contributed by atoms with Gasteiger partial charge >= 0.3 is 25.7 Å². The molecule has 0 radical (unpaired) electrons. The van der Waals surface area contributed by atoms with E-state index >= 15 is 0 Å². The maximum absolute atomic E-state index is 9.13. The van der Waals surface area contributed by atoms with Gasteiger partial charge in [0.15, 0.2) is 22.9 Å². The number of ether oxygens (including phenoxy) is 1. The summed E-state index contributed by atoms with van der Waals surface area (Å²) in [4.78, 5) is 0. The number of aliphatic hydroxyl groups excluding tert-OH is 1. The van der Waals surface area contributed by atoms with E-state index < -0.39 is 48.6 Å². The van der Waals surface area contributed by atoms with Gasteiger partial charge in [-0.25, -0.2) is 0 Å². The molecule has 0 heterocycles. The molecule has 0 amide bonds. The summed E-state index contributed by atoms with van der Waals surface area (Å²) in [6.45, 7) is 24.9. The van der Waals surface area contributed by atoms with Crippen molar-refractivity contribution < 1.29 is 31.4 Å². The summed E-state index contributed by atoms with van der Waals surface area (Å²) in [5.74, 6) is 0. The van der Waals surface area contributed by atoms with Gasteiger partial charge in [-0.15, -0.1) is 0 Å². The zero-order valence-corrected chi connectivity index (χ0v) is 37.6. The highest BCUT2D eigenvalue weighted by Gasteiger charge is 2.48. The Morgan fingerprint density at radius 2 is 0.804 bits per heavy atom. The molecule has 0 bridgehead atoms. The Morgan fingerprint density at radius 3 is 1.20 bits per heavy atom. The monoisotopic (exact) mass is 740 g/mol. The summed E-state index contributed by atoms with van der Waals surface area (Å²) in [5.41, 5.74) is 0. The van der Waals surface area contributed by atoms with E-state index in [0.717, 1.165) is 24.9 Å². The lowest BCUT2D eigenvalue weighted by Crippen LogP contribution is -2.60. The summed E-state index contributed by atoms with van der Waals surface area (Å²) >= 11 is 0. The van der Waals surface area contributed by atoms with Crippen LogP contribution in [-0.2, 0) is 21.2 Å². The molecule has 0 saturated carbocycles. The highest BCUT2D eigenvalue weighted by Crippen LogP contribution is 2.32. The van der Waals surface area contributed by atoms with Crippen molar-refractivity contribution in [1.29, 1.82) is 0 Å². The number of rotatable bonds is 32. The first kappa shape index (κ1) is 46.8. The van der Waals surface area contributed by atoms with E-state index in [0.29, 0.717) is 6.61 Å². The zero-order chi connectivity index (χ0) is 35.2. The van der Waals surface area contributed by atoms with E-state index in [9.17, 15) is 0 Å². The van der Waals surface area contributed by atoms with Crippen LogP contribution >= 0.6 is 0 Å². The normalized spacial score (nSPS) is 15.8. The molecule has 12 heteroatoms. The minimum atomic E-state index is -2.62. The number of hydrogen-bond acceptors (Lipinski definition) is 7. The van der Waals surface area contributed by atoms with Crippen molar-refractivity contribution in [3.8, 4) is 0 Å². The van der Waals surface area contributed by atoms with Crippen molar-refractivity contribution in [2.24, 2.45) is 0 Å². The Morgan fingerprint density at radius 1 is 0.435 bits per heavy atom. The zero-order valence-electron chi connectivity index (χ0n) is 32.6. The molecule has 0 spiro atoms. The standard InChI is InChI=1S/C34H80O7Si5/c1-12-13-14-15-16-17-18-19-20-21-22-23-24-25-26-27-28-31-46(11,40-44(8,9)38-42(2,3)4)41-45(10,39-43(5,6)7)32-29-30-37-33-34(35)36/h34-36H,12-33H2,1-11H3. The van der Waals surface area contributed by atoms with Crippen LogP contribution in [0.3, 0.4) is 0 Å². The first-order valence-corrected chi connectivity index (χ1v) is 33.7. The molecule has 2 N–H and O–H groups in total. The second-order valence-electron chi connectivity index (χ2n) is 16.4. The van der Waals surface area contributed by atoms with Crippen LogP contribution in [0.25, 0.3) is 0 Å². The van der Waals surface area contributed by atoms with Crippen LogP contribution in [0.5, 0.6) is 0 Å². The van der Waals surface area contributed by atoms with E-state index in [-0.39, 0.29) is 6.61 Å². The molecule has 2 unspecified atom stereocenters. The summed E-state index contributed by atoms with van der Waals surface area (Å²) in [6.07, 6.45) is 22.6. The van der Waals surface area contributed by atoms with Gasteiger partial charge in [0.2, 0.25) is 0 Å². The minimum absolute atomic E-state index is 0.0727. The summed E-state index contributed by atoms with van der Waals surface area (Å²) < 4.78 is 33.2. The van der Waals surface area contributed by atoms with Crippen LogP contribution in [0.15, 0.2) is 0 Å². The second-order valence-corrected chi connectivity index (χ2v) is 36.4. The van der Waals surface area contributed by atoms with Crippen LogP contribution in [0.2, 0.25) is 77.6 Å². The van der Waals surface area contributed by atoms with Gasteiger partial charge in [0.1, 0.15) is 0 Å². The largest absolute Gasteiger partial charge is 0.437 e. The van der Waals surface area contributed by atoms with Gasteiger partial charge in [-0.2, -0.15) is 0 Å². The highest BCUT2D eigenvalue weighted by molar-refractivity contribution is 6.90. The average Bonchev–Trinajstić information content (AvgIpc) is 2.87. The number of aliphatic hydroxyl groups is 2. The lowest BCUT2D eigenvalue weighted by Gasteiger charge is -2.44. The predicted octanol–water partition coefficient (Wildman–Crippen LogP) is 10.9. The lowest BCUT2D eigenvalue weighted by molar-refractivity contribution is -0.0945. The molecule has 2 atom stereocenters. The van der Waals surface area contributed by atoms with Crippen molar-refractivity contribution in [3.63, 3.8) is 0 Å². The molecule has 0 fully saturated rings. The fourth-order valence-corrected chi connectivity index (χ4v) is 30.3. The lowest BCUT2D eigenvalue weighted by atomic mass is 10.0. The Hall–Kier alpha value is 0.804. The fourth-order valence-electron chi connectivity index (χ4n) is 6.48. The molecule has 0 saturated heterocycles. The molecule has 0 aromatic carbocycles. The minimum Gasteiger partial charge on any atom is -0.437 e. The van der Waals surface area contributed by atoms with Crippen molar-refractivity contribution >= 4 is 42.3 Å². The maximum atomic E-state index is 9.13. The Balaban J connectivity index is 4.86. The van der Waals surface area contributed by atoms with E-state index in [1.54, 1.807) is 0 Å². The molecular formula is C34H80O7Si5. The Labute approximate surface area is 292 Å². The van der Waals surface area contributed by atoms with Gasteiger partial charge in [-0.3, -0.25) is 0 Å². The molecule has 46 heavy (non-hydrogen) atoms. The van der Waals surface area contributed by atoms with Crippen LogP contribution in [-0.4, -0.2) is 72.0 Å². The average molecular weight is 741 g/mol. The Bertz CT molecular complexity index is 734. The van der Waals surface area contributed by atoms with Crippen LogP contribution < -0.4 is 0 Å². The van der Waals surface area contributed by atoms with Gasteiger partial charge < -0.3 is 31.4 Å². The second kappa shape index (κ2) is 24.9. The molecule has 7 nitrogen and oxygen atoms in total. The maximum Gasteiger partial charge on any atom is 0.317 e. The van der Waals surface area contributed by atoms with Crippen molar-refractivity contribution in [2.45, 2.75) is 206 Å². The first-order chi connectivity index (χ1) is 21.3.